The second-order valence-corrected chi connectivity index (χ2v) is 6.41. The number of anilines is 1. The fraction of sp³-hybridized carbons (Fsp3) is 0.250. The molecule has 6 heteroatoms. The van der Waals surface area contributed by atoms with E-state index in [2.05, 4.69) is 5.32 Å². The summed E-state index contributed by atoms with van der Waals surface area (Å²) in [6, 6.07) is 15.7. The van der Waals surface area contributed by atoms with Crippen molar-refractivity contribution in [3.05, 3.63) is 65.7 Å². The van der Waals surface area contributed by atoms with Crippen LogP contribution in [-0.4, -0.2) is 34.3 Å². The first-order valence-electron chi connectivity index (χ1n) is 8.44. The Morgan fingerprint density at radius 2 is 1.88 bits per heavy atom. The van der Waals surface area contributed by atoms with Crippen LogP contribution in [0.2, 0.25) is 0 Å². The predicted molar refractivity (Wildman–Crippen MR) is 96.7 cm³/mol. The van der Waals surface area contributed by atoms with Gasteiger partial charge in [0.2, 0.25) is 11.8 Å². The van der Waals surface area contributed by atoms with E-state index in [1.165, 1.54) is 12.1 Å². The van der Waals surface area contributed by atoms with E-state index in [9.17, 15) is 14.4 Å². The zero-order valence-electron chi connectivity index (χ0n) is 14.4. The molecule has 134 valence electrons. The summed E-state index contributed by atoms with van der Waals surface area (Å²) in [5.74, 6) is -1.84. The van der Waals surface area contributed by atoms with Gasteiger partial charge in [-0.3, -0.25) is 9.59 Å². The summed E-state index contributed by atoms with van der Waals surface area (Å²) in [6.07, 6.45) is 0.154. The molecule has 2 amide bonds. The highest BCUT2D eigenvalue weighted by atomic mass is 16.4. The van der Waals surface area contributed by atoms with Gasteiger partial charge < -0.3 is 15.3 Å². The third-order valence-electron chi connectivity index (χ3n) is 4.66. The number of hydrogen-bond acceptors (Lipinski definition) is 3. The molecule has 2 atom stereocenters. The SMILES string of the molecule is C[C@H](c1ccccc1)N1C[C@@H](C(=O)Nc2cccc(C(=O)O)c2)CC1=O. The minimum absolute atomic E-state index is 0.0548. The van der Waals surface area contributed by atoms with Gasteiger partial charge in [0.15, 0.2) is 0 Å². The highest BCUT2D eigenvalue weighted by molar-refractivity contribution is 5.98. The first-order chi connectivity index (χ1) is 12.5. The predicted octanol–water partition coefficient (Wildman–Crippen LogP) is 2.93. The molecular formula is C20H20N2O4. The number of aromatic carboxylic acids is 1. The molecule has 2 aromatic carbocycles. The van der Waals surface area contributed by atoms with E-state index in [1.54, 1.807) is 17.0 Å². The topological polar surface area (TPSA) is 86.7 Å². The van der Waals surface area contributed by atoms with Gasteiger partial charge in [0.25, 0.3) is 0 Å². The van der Waals surface area contributed by atoms with Crippen molar-refractivity contribution in [2.24, 2.45) is 5.92 Å². The van der Waals surface area contributed by atoms with E-state index >= 15 is 0 Å². The number of rotatable bonds is 5. The van der Waals surface area contributed by atoms with Crippen molar-refractivity contribution in [3.63, 3.8) is 0 Å². The lowest BCUT2D eigenvalue weighted by Gasteiger charge is -2.25. The zero-order chi connectivity index (χ0) is 18.7. The first kappa shape index (κ1) is 17.7. The van der Waals surface area contributed by atoms with Gasteiger partial charge in [-0.2, -0.15) is 0 Å². The average molecular weight is 352 g/mol. The number of amides is 2. The van der Waals surface area contributed by atoms with E-state index in [0.717, 1.165) is 5.56 Å². The van der Waals surface area contributed by atoms with Crippen LogP contribution < -0.4 is 5.32 Å². The summed E-state index contributed by atoms with van der Waals surface area (Å²) in [7, 11) is 0. The minimum Gasteiger partial charge on any atom is -0.478 e. The monoisotopic (exact) mass is 352 g/mol. The molecule has 0 aromatic heterocycles. The maximum atomic E-state index is 12.5. The van der Waals surface area contributed by atoms with Crippen LogP contribution in [0.1, 0.15) is 35.3 Å². The standard InChI is InChI=1S/C20H20N2O4/c1-13(14-6-3-2-4-7-14)22-12-16(11-18(22)23)19(24)21-17-9-5-8-15(10-17)20(25)26/h2-10,13,16H,11-12H2,1H3,(H,21,24)(H,25,26)/t13-,16+/m1/s1. The molecule has 1 saturated heterocycles. The van der Waals surface area contributed by atoms with Crippen LogP contribution in [0.4, 0.5) is 5.69 Å². The molecule has 0 spiro atoms. The highest BCUT2D eigenvalue weighted by Gasteiger charge is 2.37. The molecule has 0 aliphatic carbocycles. The normalized spacial score (nSPS) is 17.8. The quantitative estimate of drug-likeness (QED) is 0.866. The Balaban J connectivity index is 1.67. The van der Waals surface area contributed by atoms with Gasteiger partial charge in [-0.25, -0.2) is 4.79 Å². The Hall–Kier alpha value is -3.15. The van der Waals surface area contributed by atoms with Crippen LogP contribution in [0, 0.1) is 5.92 Å². The van der Waals surface area contributed by atoms with Gasteiger partial charge in [0.05, 0.1) is 17.5 Å². The third-order valence-corrected chi connectivity index (χ3v) is 4.66. The summed E-state index contributed by atoms with van der Waals surface area (Å²) < 4.78 is 0. The summed E-state index contributed by atoms with van der Waals surface area (Å²) in [6.45, 7) is 2.29. The summed E-state index contributed by atoms with van der Waals surface area (Å²) in [4.78, 5) is 37.6. The number of carboxylic acid groups (broad SMARTS) is 1. The Bertz CT molecular complexity index is 835. The molecular weight excluding hydrogens is 332 g/mol. The molecule has 0 saturated carbocycles. The van der Waals surface area contributed by atoms with Crippen molar-refractivity contribution < 1.29 is 19.5 Å². The van der Waals surface area contributed by atoms with E-state index in [4.69, 9.17) is 5.11 Å². The van der Waals surface area contributed by atoms with E-state index in [-0.39, 0.29) is 29.8 Å². The number of carboxylic acids is 1. The Kier molecular flexibility index (Phi) is 5.02. The smallest absolute Gasteiger partial charge is 0.335 e. The van der Waals surface area contributed by atoms with Crippen LogP contribution in [0.3, 0.4) is 0 Å². The molecule has 0 radical (unpaired) electrons. The third kappa shape index (κ3) is 3.74. The Labute approximate surface area is 151 Å². The zero-order valence-corrected chi connectivity index (χ0v) is 14.4. The summed E-state index contributed by atoms with van der Waals surface area (Å²) in [5, 5.41) is 11.7. The van der Waals surface area contributed by atoms with Crippen LogP contribution in [0.25, 0.3) is 0 Å². The van der Waals surface area contributed by atoms with Gasteiger partial charge in [-0.05, 0) is 30.7 Å². The van der Waals surface area contributed by atoms with Crippen LogP contribution in [0.5, 0.6) is 0 Å². The van der Waals surface area contributed by atoms with Gasteiger partial charge in [0, 0.05) is 18.7 Å². The average Bonchev–Trinajstić information content (AvgIpc) is 3.04. The molecule has 0 bridgehead atoms. The van der Waals surface area contributed by atoms with Crippen molar-refractivity contribution in [1.29, 1.82) is 0 Å². The molecule has 2 aromatic rings. The molecule has 0 unspecified atom stereocenters. The molecule has 2 N–H and O–H groups in total. The summed E-state index contributed by atoms with van der Waals surface area (Å²) in [5.41, 5.74) is 1.54. The fourth-order valence-electron chi connectivity index (χ4n) is 3.17. The van der Waals surface area contributed by atoms with E-state index in [0.29, 0.717) is 12.2 Å². The number of likely N-dealkylation sites (tertiary alicyclic amines) is 1. The molecule has 1 aliphatic rings. The first-order valence-corrected chi connectivity index (χ1v) is 8.44. The van der Waals surface area contributed by atoms with E-state index in [1.807, 2.05) is 37.3 Å². The lowest BCUT2D eigenvalue weighted by molar-refractivity contribution is -0.129. The summed E-state index contributed by atoms with van der Waals surface area (Å²) >= 11 is 0. The number of carbonyl (C=O) groups is 3. The van der Waals surface area contributed by atoms with Crippen molar-refractivity contribution in [3.8, 4) is 0 Å². The van der Waals surface area contributed by atoms with Gasteiger partial charge >= 0.3 is 5.97 Å². The van der Waals surface area contributed by atoms with Gasteiger partial charge in [-0.15, -0.1) is 0 Å². The lowest BCUT2D eigenvalue weighted by atomic mass is 10.1. The maximum Gasteiger partial charge on any atom is 0.335 e. The second kappa shape index (κ2) is 7.39. The second-order valence-electron chi connectivity index (χ2n) is 6.41. The Morgan fingerprint density at radius 1 is 1.15 bits per heavy atom. The Morgan fingerprint density at radius 3 is 2.58 bits per heavy atom. The number of nitrogens with zero attached hydrogens (tertiary/aromatic N) is 1. The minimum atomic E-state index is -1.06. The highest BCUT2D eigenvalue weighted by Crippen LogP contribution is 2.29. The van der Waals surface area contributed by atoms with Gasteiger partial charge in [-0.1, -0.05) is 36.4 Å². The molecule has 3 rings (SSSR count). The number of hydrogen-bond donors (Lipinski definition) is 2. The van der Waals surface area contributed by atoms with Crippen molar-refractivity contribution in [1.82, 2.24) is 4.90 Å². The molecule has 6 nitrogen and oxygen atoms in total. The lowest BCUT2D eigenvalue weighted by Crippen LogP contribution is -2.30. The van der Waals surface area contributed by atoms with E-state index < -0.39 is 11.9 Å². The fourth-order valence-corrected chi connectivity index (χ4v) is 3.17. The van der Waals surface area contributed by atoms with Crippen LogP contribution >= 0.6 is 0 Å². The maximum absolute atomic E-state index is 12.5. The molecule has 1 aliphatic heterocycles. The van der Waals surface area contributed by atoms with Crippen molar-refractivity contribution >= 4 is 23.5 Å². The van der Waals surface area contributed by atoms with Gasteiger partial charge in [0.1, 0.15) is 0 Å². The van der Waals surface area contributed by atoms with Crippen molar-refractivity contribution in [2.45, 2.75) is 19.4 Å². The number of carbonyl (C=O) groups excluding carboxylic acids is 2. The molecule has 26 heavy (non-hydrogen) atoms. The van der Waals surface area contributed by atoms with Crippen LogP contribution in [0.15, 0.2) is 54.6 Å². The number of nitrogens with one attached hydrogen (secondary N) is 1. The van der Waals surface area contributed by atoms with Crippen molar-refractivity contribution in [2.75, 3.05) is 11.9 Å². The molecule has 1 fully saturated rings. The van der Waals surface area contributed by atoms with Crippen LogP contribution in [-0.2, 0) is 9.59 Å². The largest absolute Gasteiger partial charge is 0.478 e. The molecule has 1 heterocycles. The number of benzene rings is 2.